The number of rotatable bonds is 3. The van der Waals surface area contributed by atoms with E-state index in [0.29, 0.717) is 22.8 Å². The molecule has 0 saturated carbocycles. The molecule has 3 aliphatic heterocycles. The fraction of sp³-hybridized carbons (Fsp3) is 0.414. The van der Waals surface area contributed by atoms with Crippen molar-refractivity contribution in [2.45, 2.75) is 45.6 Å². The van der Waals surface area contributed by atoms with Crippen LogP contribution in [0.15, 0.2) is 12.4 Å². The minimum absolute atomic E-state index is 0.0321. The first-order chi connectivity index (χ1) is 20.0. The molecule has 2 saturated heterocycles. The number of likely N-dealkylation sites (tertiary alicyclic amines) is 1. The summed E-state index contributed by atoms with van der Waals surface area (Å²) in [5, 5.41) is 13.4. The predicted octanol–water partition coefficient (Wildman–Crippen LogP) is 5.18. The van der Waals surface area contributed by atoms with Crippen molar-refractivity contribution in [2.24, 2.45) is 5.92 Å². The van der Waals surface area contributed by atoms with Gasteiger partial charge in [-0.2, -0.15) is 5.26 Å². The highest BCUT2D eigenvalue weighted by molar-refractivity contribution is 7.23. The predicted molar refractivity (Wildman–Crippen MR) is 153 cm³/mol. The van der Waals surface area contributed by atoms with E-state index in [4.69, 9.17) is 14.5 Å². The van der Waals surface area contributed by atoms with Crippen LogP contribution < -0.4 is 10.2 Å². The number of thiophene rings is 1. The van der Waals surface area contributed by atoms with E-state index in [1.165, 1.54) is 0 Å². The molecule has 42 heavy (non-hydrogen) atoms. The molecule has 4 aromatic rings. The highest BCUT2D eigenvalue weighted by Crippen LogP contribution is 2.46. The molecule has 3 aromatic heterocycles. The molecule has 2 atom stereocenters. The average Bonchev–Trinajstić information content (AvgIpc) is 3.61. The summed E-state index contributed by atoms with van der Waals surface area (Å²) in [5.41, 5.74) is 0.768. The van der Waals surface area contributed by atoms with Gasteiger partial charge in [-0.1, -0.05) is 0 Å². The number of nitrogens with one attached hydrogen (secondary N) is 1. The van der Waals surface area contributed by atoms with Crippen LogP contribution in [-0.4, -0.2) is 64.3 Å². The van der Waals surface area contributed by atoms with Crippen molar-refractivity contribution in [3.8, 4) is 17.3 Å². The van der Waals surface area contributed by atoms with Gasteiger partial charge >= 0.3 is 6.09 Å². The van der Waals surface area contributed by atoms with E-state index in [2.05, 4.69) is 38.2 Å². The summed E-state index contributed by atoms with van der Waals surface area (Å²) in [4.78, 5) is 30.5. The number of aromatic nitrogens is 3. The topological polar surface area (TPSA) is 116 Å². The zero-order chi connectivity index (χ0) is 29.5. The second-order valence-corrected chi connectivity index (χ2v) is 13.0. The van der Waals surface area contributed by atoms with Gasteiger partial charge in [-0.3, -0.25) is 10.3 Å². The van der Waals surface area contributed by atoms with Crippen molar-refractivity contribution in [1.82, 2.24) is 19.9 Å². The zero-order valence-electron chi connectivity index (χ0n) is 23.4. The SMILES string of the molecule is CN1CC2CN(c3ncc4c5c(c(-c6ncc(F)c7sc(NC(=O)OC(C)(C)C)c(C#N)c67)c(F)c4n3)COC5)C2C1. The summed E-state index contributed by atoms with van der Waals surface area (Å²) >= 11 is 0.868. The number of ether oxygens (including phenoxy) is 2. The number of fused-ring (bicyclic) bond motifs is 5. The van der Waals surface area contributed by atoms with Crippen molar-refractivity contribution in [3.63, 3.8) is 0 Å². The van der Waals surface area contributed by atoms with Gasteiger partial charge in [0.05, 0.1) is 41.4 Å². The number of nitriles is 1. The third-order valence-corrected chi connectivity index (χ3v) is 9.11. The molecular formula is C29H27F2N7O3S. The van der Waals surface area contributed by atoms with Crippen LogP contribution in [0.3, 0.4) is 0 Å². The molecule has 7 rings (SSSR count). The van der Waals surface area contributed by atoms with E-state index in [1.54, 1.807) is 27.0 Å². The maximum Gasteiger partial charge on any atom is 0.412 e. The number of likely N-dealkylation sites (N-methyl/N-ethyl adjacent to an activating group) is 1. The van der Waals surface area contributed by atoms with Crippen LogP contribution in [-0.2, 0) is 22.7 Å². The first-order valence-electron chi connectivity index (χ1n) is 13.6. The Balaban J connectivity index is 1.40. The molecule has 2 unspecified atom stereocenters. The number of anilines is 2. The molecule has 216 valence electrons. The number of amides is 1. The fourth-order valence-corrected chi connectivity index (χ4v) is 7.26. The van der Waals surface area contributed by atoms with Gasteiger partial charge in [0.2, 0.25) is 5.95 Å². The fourth-order valence-electron chi connectivity index (χ4n) is 6.22. The van der Waals surface area contributed by atoms with Crippen LogP contribution in [0.4, 0.5) is 24.5 Å². The number of benzene rings is 1. The van der Waals surface area contributed by atoms with Crippen LogP contribution >= 0.6 is 11.3 Å². The number of halogens is 2. The maximum atomic E-state index is 16.7. The Morgan fingerprint density at radius 3 is 2.71 bits per heavy atom. The van der Waals surface area contributed by atoms with Crippen LogP contribution in [0, 0.1) is 28.9 Å². The lowest BCUT2D eigenvalue weighted by Crippen LogP contribution is -2.56. The lowest BCUT2D eigenvalue weighted by Gasteiger charge is -2.43. The molecule has 13 heteroatoms. The summed E-state index contributed by atoms with van der Waals surface area (Å²) in [7, 11) is 2.08. The van der Waals surface area contributed by atoms with Crippen molar-refractivity contribution in [3.05, 3.63) is 40.7 Å². The lowest BCUT2D eigenvalue weighted by molar-refractivity contribution is 0.0636. The van der Waals surface area contributed by atoms with Gasteiger partial charge in [-0.25, -0.2) is 23.5 Å². The highest BCUT2D eigenvalue weighted by Gasteiger charge is 2.45. The molecule has 1 amide bonds. The number of carbonyl (C=O) groups is 1. The molecule has 10 nitrogen and oxygen atoms in total. The van der Waals surface area contributed by atoms with Gasteiger partial charge < -0.3 is 19.3 Å². The van der Waals surface area contributed by atoms with E-state index in [9.17, 15) is 10.1 Å². The highest BCUT2D eigenvalue weighted by atomic mass is 32.1. The molecule has 1 N–H and O–H groups in total. The van der Waals surface area contributed by atoms with E-state index in [-0.39, 0.29) is 56.7 Å². The third-order valence-electron chi connectivity index (χ3n) is 8.00. The maximum absolute atomic E-state index is 16.7. The van der Waals surface area contributed by atoms with Gasteiger partial charge in [-0.15, -0.1) is 11.3 Å². The Labute approximate surface area is 243 Å². The smallest absolute Gasteiger partial charge is 0.412 e. The molecule has 6 heterocycles. The van der Waals surface area contributed by atoms with Gasteiger partial charge in [-0.05, 0) is 38.9 Å². The molecular weight excluding hydrogens is 564 g/mol. The second kappa shape index (κ2) is 9.52. The Bertz CT molecular complexity index is 1850. The van der Waals surface area contributed by atoms with E-state index >= 15 is 8.78 Å². The second-order valence-electron chi connectivity index (χ2n) is 12.0. The van der Waals surface area contributed by atoms with E-state index in [1.807, 2.05) is 0 Å². The average molecular weight is 592 g/mol. The summed E-state index contributed by atoms with van der Waals surface area (Å²) in [5.74, 6) is -0.348. The summed E-state index contributed by atoms with van der Waals surface area (Å²) in [6.07, 6.45) is 1.85. The third kappa shape index (κ3) is 4.16. The monoisotopic (exact) mass is 591 g/mol. The standard InChI is InChI=1S/C29H27F2N7O3S/c1-29(2,3)41-28(39)36-26-14(5-32)21-24(33-7-18(30)25(21)42-26)20-17-12-40-11-16(17)15-6-34-27(35-23(15)22(20)31)38-9-13-8-37(4)10-19(13)38/h6-7,13,19H,8-12H2,1-4H3,(H,36,39). The Hall–Kier alpha value is -3.99. The molecule has 2 fully saturated rings. The normalized spacial score (nSPS) is 20.0. The quantitative estimate of drug-likeness (QED) is 0.344. The summed E-state index contributed by atoms with van der Waals surface area (Å²) in [6, 6.07) is 2.34. The van der Waals surface area contributed by atoms with Crippen molar-refractivity contribution < 1.29 is 23.0 Å². The molecule has 0 bridgehead atoms. The van der Waals surface area contributed by atoms with Gasteiger partial charge in [0.1, 0.15) is 22.2 Å². The number of pyridine rings is 1. The van der Waals surface area contributed by atoms with E-state index in [0.717, 1.165) is 42.7 Å². The first kappa shape index (κ1) is 26.9. The van der Waals surface area contributed by atoms with Crippen molar-refractivity contribution in [1.29, 1.82) is 5.26 Å². The molecule has 1 aromatic carbocycles. The number of hydrogen-bond donors (Lipinski definition) is 1. The van der Waals surface area contributed by atoms with Crippen molar-refractivity contribution >= 4 is 49.4 Å². The van der Waals surface area contributed by atoms with Crippen LogP contribution in [0.2, 0.25) is 0 Å². The van der Waals surface area contributed by atoms with Crippen LogP contribution in [0.1, 0.15) is 37.5 Å². The Morgan fingerprint density at radius 2 is 1.98 bits per heavy atom. The summed E-state index contributed by atoms with van der Waals surface area (Å²) < 4.78 is 42.9. The van der Waals surface area contributed by atoms with Gasteiger partial charge in [0.15, 0.2) is 11.6 Å². The largest absolute Gasteiger partial charge is 0.444 e. The number of carbonyl (C=O) groups excluding carboxylic acids is 1. The Kier molecular flexibility index (Phi) is 6.09. The number of hydrogen-bond acceptors (Lipinski definition) is 10. The molecule has 0 spiro atoms. The minimum Gasteiger partial charge on any atom is -0.444 e. The molecule has 3 aliphatic rings. The van der Waals surface area contributed by atoms with E-state index < -0.39 is 23.3 Å². The lowest BCUT2D eigenvalue weighted by atomic mass is 9.92. The summed E-state index contributed by atoms with van der Waals surface area (Å²) in [6.45, 7) is 8.16. The van der Waals surface area contributed by atoms with Crippen LogP contribution in [0.5, 0.6) is 0 Å². The van der Waals surface area contributed by atoms with Gasteiger partial charge in [0, 0.05) is 48.1 Å². The van der Waals surface area contributed by atoms with Crippen molar-refractivity contribution in [2.75, 3.05) is 36.9 Å². The first-order valence-corrected chi connectivity index (χ1v) is 14.4. The van der Waals surface area contributed by atoms with Gasteiger partial charge in [0.25, 0.3) is 0 Å². The minimum atomic E-state index is -0.794. The number of nitrogens with zero attached hydrogens (tertiary/aromatic N) is 6. The zero-order valence-corrected chi connectivity index (χ0v) is 24.2. The molecule has 0 radical (unpaired) electrons. The van der Waals surface area contributed by atoms with Crippen LogP contribution in [0.25, 0.3) is 32.2 Å². The Morgan fingerprint density at radius 1 is 1.19 bits per heavy atom. The molecule has 0 aliphatic carbocycles.